The minimum Gasteiger partial charge on any atom is -0.497 e. The third-order valence-electron chi connectivity index (χ3n) is 5.62. The lowest BCUT2D eigenvalue weighted by atomic mass is 10.1. The summed E-state index contributed by atoms with van der Waals surface area (Å²) in [4.78, 5) is 8.57. The molecule has 0 unspecified atom stereocenters. The summed E-state index contributed by atoms with van der Waals surface area (Å²) in [6.45, 7) is 1.24. The Morgan fingerprint density at radius 2 is 1.97 bits per heavy atom. The van der Waals surface area contributed by atoms with Gasteiger partial charge in [-0.25, -0.2) is 4.98 Å². The Morgan fingerprint density at radius 3 is 2.72 bits per heavy atom. The molecule has 0 amide bonds. The molecule has 0 radical (unpaired) electrons. The SMILES string of the molecule is CN=C(NCc1cccc(-c2ncn[nH]2)c1)NCc1ccc(OC)cc1OC1CCCC1. The average Bonchev–Trinajstić information content (AvgIpc) is 3.55. The number of ether oxygens (including phenoxy) is 2. The van der Waals surface area contributed by atoms with Crippen LogP contribution in [-0.2, 0) is 13.1 Å². The van der Waals surface area contributed by atoms with E-state index in [-0.39, 0.29) is 6.10 Å². The van der Waals surface area contributed by atoms with E-state index in [2.05, 4.69) is 42.9 Å². The van der Waals surface area contributed by atoms with Gasteiger partial charge in [-0.05, 0) is 49.4 Å². The van der Waals surface area contributed by atoms with Crippen LogP contribution in [0.4, 0.5) is 0 Å². The predicted octanol–water partition coefficient (Wildman–Crippen LogP) is 3.67. The second-order valence-corrected chi connectivity index (χ2v) is 7.81. The summed E-state index contributed by atoms with van der Waals surface area (Å²) in [7, 11) is 3.44. The second kappa shape index (κ2) is 10.7. The number of nitrogens with zero attached hydrogens (tertiary/aromatic N) is 3. The first kappa shape index (κ1) is 21.7. The Balaban J connectivity index is 1.37. The van der Waals surface area contributed by atoms with Gasteiger partial charge in [0.05, 0.1) is 13.2 Å². The van der Waals surface area contributed by atoms with Crippen molar-refractivity contribution in [2.24, 2.45) is 4.99 Å². The number of rotatable bonds is 8. The maximum Gasteiger partial charge on any atom is 0.191 e. The maximum absolute atomic E-state index is 6.30. The van der Waals surface area contributed by atoms with Crippen LogP contribution in [0.3, 0.4) is 0 Å². The van der Waals surface area contributed by atoms with Crippen LogP contribution in [0.25, 0.3) is 11.4 Å². The van der Waals surface area contributed by atoms with Gasteiger partial charge < -0.3 is 20.1 Å². The largest absolute Gasteiger partial charge is 0.497 e. The van der Waals surface area contributed by atoms with Crippen molar-refractivity contribution >= 4 is 5.96 Å². The molecule has 168 valence electrons. The molecule has 1 fully saturated rings. The highest BCUT2D eigenvalue weighted by Crippen LogP contribution is 2.30. The molecule has 0 spiro atoms. The molecule has 1 aliphatic rings. The fraction of sp³-hybridized carbons (Fsp3) is 0.375. The van der Waals surface area contributed by atoms with Crippen LogP contribution in [-0.4, -0.2) is 41.4 Å². The molecule has 2 aromatic carbocycles. The number of H-pyrrole nitrogens is 1. The van der Waals surface area contributed by atoms with Crippen LogP contribution in [0.5, 0.6) is 11.5 Å². The third kappa shape index (κ3) is 5.57. The van der Waals surface area contributed by atoms with Crippen molar-refractivity contribution in [2.75, 3.05) is 14.2 Å². The molecule has 1 aliphatic carbocycles. The minimum absolute atomic E-state index is 0.287. The number of guanidine groups is 1. The molecule has 0 bridgehead atoms. The summed E-state index contributed by atoms with van der Waals surface area (Å²) in [5, 5.41) is 13.6. The van der Waals surface area contributed by atoms with Crippen LogP contribution in [0.1, 0.15) is 36.8 Å². The lowest BCUT2D eigenvalue weighted by Crippen LogP contribution is -2.36. The van der Waals surface area contributed by atoms with E-state index < -0.39 is 0 Å². The van der Waals surface area contributed by atoms with E-state index in [0.717, 1.165) is 52.8 Å². The number of benzene rings is 2. The van der Waals surface area contributed by atoms with Crippen molar-refractivity contribution in [1.82, 2.24) is 25.8 Å². The van der Waals surface area contributed by atoms with E-state index >= 15 is 0 Å². The average molecular weight is 435 g/mol. The van der Waals surface area contributed by atoms with Crippen molar-refractivity contribution in [3.63, 3.8) is 0 Å². The van der Waals surface area contributed by atoms with Gasteiger partial charge in [-0.2, -0.15) is 5.10 Å². The van der Waals surface area contributed by atoms with E-state index in [1.165, 1.54) is 19.2 Å². The van der Waals surface area contributed by atoms with E-state index in [0.29, 0.717) is 13.1 Å². The highest BCUT2D eigenvalue weighted by atomic mass is 16.5. The first-order valence-corrected chi connectivity index (χ1v) is 11.0. The molecule has 8 nitrogen and oxygen atoms in total. The summed E-state index contributed by atoms with van der Waals surface area (Å²) < 4.78 is 11.7. The summed E-state index contributed by atoms with van der Waals surface area (Å²) in [5.41, 5.74) is 3.20. The zero-order valence-corrected chi connectivity index (χ0v) is 18.6. The van der Waals surface area contributed by atoms with Crippen molar-refractivity contribution in [3.8, 4) is 22.9 Å². The van der Waals surface area contributed by atoms with Gasteiger partial charge in [0.1, 0.15) is 17.8 Å². The van der Waals surface area contributed by atoms with Crippen LogP contribution < -0.4 is 20.1 Å². The van der Waals surface area contributed by atoms with Crippen molar-refractivity contribution in [2.45, 2.75) is 44.9 Å². The van der Waals surface area contributed by atoms with E-state index in [1.54, 1.807) is 14.2 Å². The molecule has 0 aliphatic heterocycles. The molecular formula is C24H30N6O2. The molecule has 1 heterocycles. The molecular weight excluding hydrogens is 404 g/mol. The topological polar surface area (TPSA) is 96.5 Å². The van der Waals surface area contributed by atoms with Gasteiger partial charge in [0, 0.05) is 37.3 Å². The molecule has 0 atom stereocenters. The summed E-state index contributed by atoms with van der Waals surface area (Å²) in [6, 6.07) is 14.1. The Morgan fingerprint density at radius 1 is 1.12 bits per heavy atom. The van der Waals surface area contributed by atoms with Gasteiger partial charge in [0.15, 0.2) is 11.8 Å². The third-order valence-corrected chi connectivity index (χ3v) is 5.62. The molecule has 32 heavy (non-hydrogen) atoms. The predicted molar refractivity (Wildman–Crippen MR) is 125 cm³/mol. The summed E-state index contributed by atoms with van der Waals surface area (Å²) in [6.07, 6.45) is 6.48. The van der Waals surface area contributed by atoms with Gasteiger partial charge >= 0.3 is 0 Å². The Bertz CT molecular complexity index is 1030. The lowest BCUT2D eigenvalue weighted by Gasteiger charge is -2.19. The van der Waals surface area contributed by atoms with Crippen LogP contribution >= 0.6 is 0 Å². The Labute approximate surface area is 188 Å². The lowest BCUT2D eigenvalue weighted by molar-refractivity contribution is 0.207. The van der Waals surface area contributed by atoms with Gasteiger partial charge in [-0.15, -0.1) is 0 Å². The molecule has 3 aromatic rings. The van der Waals surface area contributed by atoms with E-state index in [1.807, 2.05) is 30.3 Å². The van der Waals surface area contributed by atoms with E-state index in [4.69, 9.17) is 9.47 Å². The number of methoxy groups -OCH3 is 1. The molecule has 4 rings (SSSR count). The zero-order valence-electron chi connectivity index (χ0n) is 18.6. The van der Waals surface area contributed by atoms with Crippen LogP contribution in [0.2, 0.25) is 0 Å². The van der Waals surface area contributed by atoms with Gasteiger partial charge in [0.2, 0.25) is 0 Å². The maximum atomic E-state index is 6.30. The Hall–Kier alpha value is -3.55. The molecule has 1 aromatic heterocycles. The number of hydrogen-bond donors (Lipinski definition) is 3. The normalized spacial score (nSPS) is 14.4. The monoisotopic (exact) mass is 434 g/mol. The molecule has 8 heteroatoms. The number of nitrogens with one attached hydrogen (secondary N) is 3. The number of hydrogen-bond acceptors (Lipinski definition) is 5. The Kier molecular flexibility index (Phi) is 7.22. The summed E-state index contributed by atoms with van der Waals surface area (Å²) >= 11 is 0. The van der Waals surface area contributed by atoms with E-state index in [9.17, 15) is 0 Å². The quantitative estimate of drug-likeness (QED) is 0.370. The second-order valence-electron chi connectivity index (χ2n) is 7.81. The molecule has 1 saturated carbocycles. The molecule has 0 saturated heterocycles. The van der Waals surface area contributed by atoms with Crippen molar-refractivity contribution in [1.29, 1.82) is 0 Å². The fourth-order valence-corrected chi connectivity index (χ4v) is 3.86. The van der Waals surface area contributed by atoms with Gasteiger partial charge in [-0.1, -0.05) is 18.2 Å². The number of aromatic nitrogens is 3. The smallest absolute Gasteiger partial charge is 0.191 e. The summed E-state index contributed by atoms with van der Waals surface area (Å²) in [5.74, 6) is 3.15. The minimum atomic E-state index is 0.287. The van der Waals surface area contributed by atoms with Gasteiger partial charge in [-0.3, -0.25) is 10.1 Å². The van der Waals surface area contributed by atoms with Crippen LogP contribution in [0.15, 0.2) is 53.8 Å². The first-order chi connectivity index (χ1) is 15.7. The molecule has 3 N–H and O–H groups in total. The highest BCUT2D eigenvalue weighted by Gasteiger charge is 2.18. The zero-order chi connectivity index (χ0) is 22.2. The van der Waals surface area contributed by atoms with Crippen LogP contribution in [0, 0.1) is 0 Å². The van der Waals surface area contributed by atoms with Crippen molar-refractivity contribution < 1.29 is 9.47 Å². The highest BCUT2D eigenvalue weighted by molar-refractivity contribution is 5.79. The van der Waals surface area contributed by atoms with Gasteiger partial charge in [0.25, 0.3) is 0 Å². The standard InChI is InChI=1S/C24H30N6O2/c1-25-24(26-14-17-6-5-7-18(12-17)23-28-16-29-30-23)27-15-19-10-11-21(31-2)13-22(19)32-20-8-3-4-9-20/h5-7,10-13,16,20H,3-4,8-9,14-15H2,1-2H3,(H2,25,26,27)(H,28,29,30). The number of aromatic amines is 1. The fourth-order valence-electron chi connectivity index (χ4n) is 3.86. The van der Waals surface area contributed by atoms with Crippen molar-refractivity contribution in [3.05, 3.63) is 59.9 Å². The first-order valence-electron chi connectivity index (χ1n) is 11.0. The number of aliphatic imine (C=N–C) groups is 1.